The number of hydrogen-bond donors (Lipinski definition) is 1. The van der Waals surface area contributed by atoms with Gasteiger partial charge in [-0.3, -0.25) is 0 Å². The highest BCUT2D eigenvalue weighted by molar-refractivity contribution is 4.81. The van der Waals surface area contributed by atoms with E-state index in [2.05, 4.69) is 0 Å². The number of rotatable bonds is 3. The molecule has 2 aliphatic rings. The van der Waals surface area contributed by atoms with Crippen LogP contribution in [0.4, 0.5) is 13.2 Å². The number of halogens is 3. The number of nitrogens with zero attached hydrogens (tertiary/aromatic N) is 1. The Morgan fingerprint density at radius 2 is 1.63 bits per heavy atom. The van der Waals surface area contributed by atoms with Crippen LogP contribution >= 0.6 is 0 Å². The maximum atomic E-state index is 12.7. The lowest BCUT2D eigenvalue weighted by atomic mass is 9.81. The molecule has 0 radical (unpaired) electrons. The maximum absolute atomic E-state index is 12.7. The van der Waals surface area contributed by atoms with Gasteiger partial charge >= 0.3 is 6.18 Å². The Kier molecular flexibility index (Phi) is 5.12. The smallest absolute Gasteiger partial charge is 0.330 e. The predicted molar refractivity (Wildman–Crippen MR) is 69.7 cm³/mol. The summed E-state index contributed by atoms with van der Waals surface area (Å²) in [6.45, 7) is 2.65. The van der Waals surface area contributed by atoms with Crippen LogP contribution in [0.5, 0.6) is 0 Å². The molecule has 1 saturated heterocycles. The molecule has 1 saturated carbocycles. The van der Waals surface area contributed by atoms with Crippen LogP contribution in [0.1, 0.15) is 38.5 Å². The molecule has 1 aliphatic heterocycles. The van der Waals surface area contributed by atoms with Gasteiger partial charge in [0.25, 0.3) is 0 Å². The van der Waals surface area contributed by atoms with Crippen molar-refractivity contribution in [2.24, 2.45) is 23.5 Å². The summed E-state index contributed by atoms with van der Waals surface area (Å²) in [5.74, 6) is 0.108. The number of alkyl halides is 3. The Labute approximate surface area is 113 Å². The van der Waals surface area contributed by atoms with Gasteiger partial charge in [-0.05, 0) is 63.5 Å². The molecule has 0 aromatic carbocycles. The molecule has 2 rings (SSSR count). The van der Waals surface area contributed by atoms with Crippen molar-refractivity contribution in [3.05, 3.63) is 0 Å². The Morgan fingerprint density at radius 1 is 1.00 bits per heavy atom. The first kappa shape index (κ1) is 15.1. The fourth-order valence-corrected chi connectivity index (χ4v) is 3.50. The predicted octanol–water partition coefficient (Wildman–Crippen LogP) is 3.03. The van der Waals surface area contributed by atoms with Gasteiger partial charge < -0.3 is 10.6 Å². The highest BCUT2D eigenvalue weighted by Gasteiger charge is 2.41. The van der Waals surface area contributed by atoms with Crippen molar-refractivity contribution >= 4 is 0 Å². The van der Waals surface area contributed by atoms with Crippen molar-refractivity contribution < 1.29 is 13.2 Å². The zero-order valence-electron chi connectivity index (χ0n) is 11.5. The van der Waals surface area contributed by atoms with E-state index in [-0.39, 0.29) is 6.54 Å². The molecule has 1 atom stereocenters. The summed E-state index contributed by atoms with van der Waals surface area (Å²) >= 11 is 0. The Morgan fingerprint density at radius 3 is 2.21 bits per heavy atom. The van der Waals surface area contributed by atoms with Crippen LogP contribution in [0.3, 0.4) is 0 Å². The molecule has 1 aliphatic carbocycles. The van der Waals surface area contributed by atoms with Gasteiger partial charge in [0.1, 0.15) is 0 Å². The molecule has 1 unspecified atom stereocenters. The first-order valence-electron chi connectivity index (χ1n) is 7.48. The lowest BCUT2D eigenvalue weighted by Gasteiger charge is -2.37. The second-order valence-corrected chi connectivity index (χ2v) is 6.26. The standard InChI is InChI=1S/C14H25F3N2/c15-14(16,17)13-2-1-7-19(10-13)9-12-5-3-11(8-18)4-6-12/h11-13H,1-10,18H2. The molecule has 2 N–H and O–H groups in total. The monoisotopic (exact) mass is 278 g/mol. The van der Waals surface area contributed by atoms with Crippen LogP contribution in [-0.4, -0.2) is 37.3 Å². The molecule has 5 heteroatoms. The average molecular weight is 278 g/mol. The molecular weight excluding hydrogens is 253 g/mol. The van der Waals surface area contributed by atoms with E-state index in [9.17, 15) is 13.2 Å². The van der Waals surface area contributed by atoms with Gasteiger partial charge in [-0.25, -0.2) is 0 Å². The van der Waals surface area contributed by atoms with Crippen molar-refractivity contribution in [2.45, 2.75) is 44.7 Å². The Balaban J connectivity index is 1.77. The third-order valence-corrected chi connectivity index (χ3v) is 4.78. The van der Waals surface area contributed by atoms with E-state index in [1.165, 1.54) is 0 Å². The molecule has 19 heavy (non-hydrogen) atoms. The van der Waals surface area contributed by atoms with Gasteiger partial charge in [0, 0.05) is 13.1 Å². The second-order valence-electron chi connectivity index (χ2n) is 6.26. The zero-order chi connectivity index (χ0) is 13.9. The molecule has 0 spiro atoms. The quantitative estimate of drug-likeness (QED) is 0.860. The number of nitrogens with two attached hydrogens (primary N) is 1. The van der Waals surface area contributed by atoms with Gasteiger partial charge in [-0.15, -0.1) is 0 Å². The minimum Gasteiger partial charge on any atom is -0.330 e. The average Bonchev–Trinajstić information content (AvgIpc) is 2.39. The van der Waals surface area contributed by atoms with Crippen molar-refractivity contribution in [1.82, 2.24) is 4.90 Å². The second kappa shape index (κ2) is 6.44. The first-order valence-corrected chi connectivity index (χ1v) is 7.48. The van der Waals surface area contributed by atoms with Crippen molar-refractivity contribution in [3.8, 4) is 0 Å². The molecule has 112 valence electrons. The SMILES string of the molecule is NCC1CCC(CN2CCCC(C(F)(F)F)C2)CC1. The first-order chi connectivity index (χ1) is 8.99. The Bertz CT molecular complexity index is 272. The highest BCUT2D eigenvalue weighted by atomic mass is 19.4. The van der Waals surface area contributed by atoms with Gasteiger partial charge in [-0.1, -0.05) is 0 Å². The van der Waals surface area contributed by atoms with E-state index in [0.717, 1.165) is 45.3 Å². The lowest BCUT2D eigenvalue weighted by Crippen LogP contribution is -2.44. The van der Waals surface area contributed by atoms with Crippen LogP contribution in [0, 0.1) is 17.8 Å². The minimum atomic E-state index is -4.02. The van der Waals surface area contributed by atoms with Crippen LogP contribution in [0.2, 0.25) is 0 Å². The summed E-state index contributed by atoms with van der Waals surface area (Å²) in [6.07, 6.45) is 1.54. The van der Waals surface area contributed by atoms with E-state index in [0.29, 0.717) is 24.7 Å². The fourth-order valence-electron chi connectivity index (χ4n) is 3.50. The summed E-state index contributed by atoms with van der Waals surface area (Å²) in [6, 6.07) is 0. The zero-order valence-corrected chi connectivity index (χ0v) is 11.5. The van der Waals surface area contributed by atoms with E-state index < -0.39 is 12.1 Å². The van der Waals surface area contributed by atoms with Crippen molar-refractivity contribution in [2.75, 3.05) is 26.2 Å². The van der Waals surface area contributed by atoms with Gasteiger partial charge in [0.05, 0.1) is 5.92 Å². The van der Waals surface area contributed by atoms with Crippen LogP contribution in [0.25, 0.3) is 0 Å². The van der Waals surface area contributed by atoms with E-state index in [1.807, 2.05) is 4.90 Å². The van der Waals surface area contributed by atoms with Crippen LogP contribution < -0.4 is 5.73 Å². The van der Waals surface area contributed by atoms with Crippen LogP contribution in [-0.2, 0) is 0 Å². The third-order valence-electron chi connectivity index (χ3n) is 4.78. The summed E-state index contributed by atoms with van der Waals surface area (Å²) < 4.78 is 38.2. The fraction of sp³-hybridized carbons (Fsp3) is 1.00. The minimum absolute atomic E-state index is 0.209. The lowest BCUT2D eigenvalue weighted by molar-refractivity contribution is -0.187. The van der Waals surface area contributed by atoms with Gasteiger partial charge in [-0.2, -0.15) is 13.2 Å². The molecule has 0 bridgehead atoms. The maximum Gasteiger partial charge on any atom is 0.393 e. The molecule has 0 aromatic rings. The van der Waals surface area contributed by atoms with Gasteiger partial charge in [0.2, 0.25) is 0 Å². The summed E-state index contributed by atoms with van der Waals surface area (Å²) in [5, 5.41) is 0. The third kappa shape index (κ3) is 4.35. The van der Waals surface area contributed by atoms with E-state index >= 15 is 0 Å². The summed E-state index contributed by atoms with van der Waals surface area (Å²) in [4.78, 5) is 2.04. The molecule has 2 nitrogen and oxygen atoms in total. The Hall–Kier alpha value is -0.290. The number of piperidine rings is 1. The molecule has 1 heterocycles. The highest BCUT2D eigenvalue weighted by Crippen LogP contribution is 2.34. The van der Waals surface area contributed by atoms with E-state index in [4.69, 9.17) is 5.73 Å². The molecule has 0 aromatic heterocycles. The van der Waals surface area contributed by atoms with E-state index in [1.54, 1.807) is 0 Å². The summed E-state index contributed by atoms with van der Waals surface area (Å²) in [7, 11) is 0. The largest absolute Gasteiger partial charge is 0.393 e. The van der Waals surface area contributed by atoms with Crippen molar-refractivity contribution in [3.63, 3.8) is 0 Å². The van der Waals surface area contributed by atoms with Crippen LogP contribution in [0.15, 0.2) is 0 Å². The molecule has 2 fully saturated rings. The van der Waals surface area contributed by atoms with Gasteiger partial charge in [0.15, 0.2) is 0 Å². The molecule has 0 amide bonds. The normalized spacial score (nSPS) is 34.4. The summed E-state index contributed by atoms with van der Waals surface area (Å²) in [5.41, 5.74) is 5.66. The number of hydrogen-bond acceptors (Lipinski definition) is 2. The topological polar surface area (TPSA) is 29.3 Å². The van der Waals surface area contributed by atoms with Crippen molar-refractivity contribution in [1.29, 1.82) is 0 Å². The molecular formula is C14H25F3N2. The number of likely N-dealkylation sites (tertiary alicyclic amines) is 1.